The Hall–Kier alpha value is -1.76. The van der Waals surface area contributed by atoms with E-state index in [0.717, 1.165) is 0 Å². The Morgan fingerprint density at radius 2 is 2.20 bits per heavy atom. The second-order valence-corrected chi connectivity index (χ2v) is 4.60. The molecule has 7 heteroatoms. The third-order valence-electron chi connectivity index (χ3n) is 3.08. The molecule has 0 radical (unpaired) electrons. The van der Waals surface area contributed by atoms with Crippen molar-refractivity contribution in [3.63, 3.8) is 0 Å². The SMILES string of the molecule is O=C(c1cc(OCC(F)F)ccn1)N1CCC(O)CC1. The van der Waals surface area contributed by atoms with Gasteiger partial charge in [0.2, 0.25) is 0 Å². The molecule has 1 aromatic heterocycles. The molecule has 0 bridgehead atoms. The van der Waals surface area contributed by atoms with E-state index in [1.54, 1.807) is 4.90 Å². The van der Waals surface area contributed by atoms with Gasteiger partial charge in [-0.3, -0.25) is 9.78 Å². The average Bonchev–Trinajstić information content (AvgIpc) is 2.45. The third-order valence-corrected chi connectivity index (χ3v) is 3.08. The van der Waals surface area contributed by atoms with Crippen molar-refractivity contribution in [2.75, 3.05) is 19.7 Å². The highest BCUT2D eigenvalue weighted by Crippen LogP contribution is 2.16. The molecule has 0 unspecified atom stereocenters. The van der Waals surface area contributed by atoms with Crippen LogP contribution in [0.5, 0.6) is 5.75 Å². The van der Waals surface area contributed by atoms with Crippen LogP contribution in [0, 0.1) is 0 Å². The highest BCUT2D eigenvalue weighted by Gasteiger charge is 2.23. The van der Waals surface area contributed by atoms with Crippen molar-refractivity contribution in [3.8, 4) is 5.75 Å². The Balaban J connectivity index is 2.00. The van der Waals surface area contributed by atoms with Gasteiger partial charge in [-0.05, 0) is 18.9 Å². The molecule has 5 nitrogen and oxygen atoms in total. The van der Waals surface area contributed by atoms with Crippen LogP contribution in [0.1, 0.15) is 23.3 Å². The Labute approximate surface area is 115 Å². The summed E-state index contributed by atoms with van der Waals surface area (Å²) in [5.41, 5.74) is 0.160. The van der Waals surface area contributed by atoms with E-state index in [2.05, 4.69) is 4.98 Å². The van der Waals surface area contributed by atoms with Crippen LogP contribution in [0.3, 0.4) is 0 Å². The standard InChI is InChI=1S/C13H16F2N2O3/c14-12(15)8-20-10-1-4-16-11(7-10)13(19)17-5-2-9(18)3-6-17/h1,4,7,9,12,18H,2-3,5-6,8H2. The Morgan fingerprint density at radius 1 is 1.50 bits per heavy atom. The molecular weight excluding hydrogens is 270 g/mol. The number of aromatic nitrogens is 1. The maximum absolute atomic E-state index is 12.2. The van der Waals surface area contributed by atoms with Crippen LogP contribution in [0.25, 0.3) is 0 Å². The van der Waals surface area contributed by atoms with Gasteiger partial charge in [-0.2, -0.15) is 0 Å². The summed E-state index contributed by atoms with van der Waals surface area (Å²) < 4.78 is 29.0. The number of amides is 1. The van der Waals surface area contributed by atoms with Gasteiger partial charge in [0.15, 0.2) is 0 Å². The summed E-state index contributed by atoms with van der Waals surface area (Å²) in [5.74, 6) is -0.0832. The molecule has 1 aromatic rings. The molecule has 0 aliphatic carbocycles. The van der Waals surface area contributed by atoms with Gasteiger partial charge >= 0.3 is 0 Å². The fourth-order valence-corrected chi connectivity index (χ4v) is 2.01. The summed E-state index contributed by atoms with van der Waals surface area (Å²) in [5, 5.41) is 9.40. The Bertz CT molecular complexity index is 463. The van der Waals surface area contributed by atoms with Crippen LogP contribution >= 0.6 is 0 Å². The first-order valence-corrected chi connectivity index (χ1v) is 6.40. The number of pyridine rings is 1. The molecule has 0 saturated carbocycles. The number of hydrogen-bond acceptors (Lipinski definition) is 4. The van der Waals surface area contributed by atoms with Crippen molar-refractivity contribution in [2.45, 2.75) is 25.4 Å². The number of piperidine rings is 1. The summed E-state index contributed by atoms with van der Waals surface area (Å²) in [6.45, 7) is 0.209. The zero-order valence-electron chi connectivity index (χ0n) is 10.8. The van der Waals surface area contributed by atoms with Crippen molar-refractivity contribution in [1.29, 1.82) is 0 Å². The molecule has 1 amide bonds. The van der Waals surface area contributed by atoms with Gasteiger partial charge in [0.25, 0.3) is 12.3 Å². The van der Waals surface area contributed by atoms with E-state index < -0.39 is 13.0 Å². The van der Waals surface area contributed by atoms with Gasteiger partial charge in [0.1, 0.15) is 18.1 Å². The first kappa shape index (κ1) is 14.6. The molecule has 2 heterocycles. The van der Waals surface area contributed by atoms with Crippen molar-refractivity contribution in [3.05, 3.63) is 24.0 Å². The second kappa shape index (κ2) is 6.60. The molecule has 2 rings (SSSR count). The minimum Gasteiger partial charge on any atom is -0.488 e. The number of aliphatic hydroxyl groups excluding tert-OH is 1. The molecule has 0 atom stereocenters. The number of alkyl halides is 2. The van der Waals surface area contributed by atoms with Crippen molar-refractivity contribution in [2.24, 2.45) is 0 Å². The molecule has 1 N–H and O–H groups in total. The van der Waals surface area contributed by atoms with Crippen LogP contribution in [0.15, 0.2) is 18.3 Å². The van der Waals surface area contributed by atoms with Crippen molar-refractivity contribution in [1.82, 2.24) is 9.88 Å². The number of hydrogen-bond donors (Lipinski definition) is 1. The lowest BCUT2D eigenvalue weighted by atomic mass is 10.1. The highest BCUT2D eigenvalue weighted by atomic mass is 19.3. The van der Waals surface area contributed by atoms with E-state index in [9.17, 15) is 18.7 Å². The summed E-state index contributed by atoms with van der Waals surface area (Å²) in [6, 6.07) is 2.79. The van der Waals surface area contributed by atoms with Crippen LogP contribution in [-0.4, -0.2) is 53.1 Å². The largest absolute Gasteiger partial charge is 0.488 e. The maximum Gasteiger partial charge on any atom is 0.272 e. The van der Waals surface area contributed by atoms with Gasteiger partial charge in [-0.15, -0.1) is 0 Å². The fraction of sp³-hybridized carbons (Fsp3) is 0.538. The van der Waals surface area contributed by atoms with Crippen LogP contribution in [0.2, 0.25) is 0 Å². The van der Waals surface area contributed by atoms with Crippen molar-refractivity contribution >= 4 is 5.91 Å². The minimum atomic E-state index is -2.56. The predicted octanol–water partition coefficient (Wildman–Crippen LogP) is 1.32. The van der Waals surface area contributed by atoms with E-state index >= 15 is 0 Å². The normalized spacial score (nSPS) is 16.5. The number of rotatable bonds is 4. The molecule has 1 aliphatic rings. The second-order valence-electron chi connectivity index (χ2n) is 4.60. The first-order chi connectivity index (χ1) is 9.56. The number of nitrogens with zero attached hydrogens (tertiary/aromatic N) is 2. The third kappa shape index (κ3) is 3.86. The lowest BCUT2D eigenvalue weighted by Gasteiger charge is -2.29. The smallest absolute Gasteiger partial charge is 0.272 e. The molecule has 110 valence electrons. The van der Waals surface area contributed by atoms with Gasteiger partial charge in [0.05, 0.1) is 6.10 Å². The topological polar surface area (TPSA) is 62.7 Å². The van der Waals surface area contributed by atoms with E-state index in [1.807, 2.05) is 0 Å². The quantitative estimate of drug-likeness (QED) is 0.907. The molecule has 1 aliphatic heterocycles. The average molecular weight is 286 g/mol. The van der Waals surface area contributed by atoms with Crippen LogP contribution < -0.4 is 4.74 Å². The zero-order valence-corrected chi connectivity index (χ0v) is 10.8. The molecule has 0 aromatic carbocycles. The van der Waals surface area contributed by atoms with E-state index in [1.165, 1.54) is 18.3 Å². The highest BCUT2D eigenvalue weighted by molar-refractivity contribution is 5.92. The Morgan fingerprint density at radius 3 is 2.85 bits per heavy atom. The number of ether oxygens (including phenoxy) is 1. The van der Waals surface area contributed by atoms with E-state index in [0.29, 0.717) is 25.9 Å². The lowest BCUT2D eigenvalue weighted by molar-refractivity contribution is 0.0540. The predicted molar refractivity (Wildman–Crippen MR) is 66.9 cm³/mol. The fourth-order valence-electron chi connectivity index (χ4n) is 2.01. The molecule has 1 fully saturated rings. The number of aliphatic hydroxyl groups is 1. The molecule has 0 spiro atoms. The molecule has 20 heavy (non-hydrogen) atoms. The van der Waals surface area contributed by atoms with Gasteiger partial charge in [-0.25, -0.2) is 8.78 Å². The Kier molecular flexibility index (Phi) is 4.84. The van der Waals surface area contributed by atoms with E-state index in [-0.39, 0.29) is 23.5 Å². The summed E-state index contributed by atoms with van der Waals surface area (Å²) >= 11 is 0. The summed E-state index contributed by atoms with van der Waals surface area (Å²) in [4.78, 5) is 17.7. The molecule has 1 saturated heterocycles. The monoisotopic (exact) mass is 286 g/mol. The number of likely N-dealkylation sites (tertiary alicyclic amines) is 1. The number of carbonyl (C=O) groups excluding carboxylic acids is 1. The molecular formula is C13H16F2N2O3. The van der Waals surface area contributed by atoms with Gasteiger partial charge in [0, 0.05) is 25.4 Å². The lowest BCUT2D eigenvalue weighted by Crippen LogP contribution is -2.40. The van der Waals surface area contributed by atoms with Crippen LogP contribution in [-0.2, 0) is 0 Å². The summed E-state index contributed by atoms with van der Waals surface area (Å²) in [6.07, 6.45) is -0.508. The minimum absolute atomic E-state index is 0.160. The first-order valence-electron chi connectivity index (χ1n) is 6.40. The zero-order chi connectivity index (χ0) is 14.5. The summed E-state index contributed by atoms with van der Waals surface area (Å²) in [7, 11) is 0. The van der Waals surface area contributed by atoms with E-state index in [4.69, 9.17) is 4.74 Å². The van der Waals surface area contributed by atoms with Crippen molar-refractivity contribution < 1.29 is 23.4 Å². The van der Waals surface area contributed by atoms with Gasteiger partial charge < -0.3 is 14.7 Å². The number of halogens is 2. The number of carbonyl (C=O) groups is 1. The maximum atomic E-state index is 12.2. The van der Waals surface area contributed by atoms with Gasteiger partial charge in [-0.1, -0.05) is 0 Å². The van der Waals surface area contributed by atoms with Crippen LogP contribution in [0.4, 0.5) is 8.78 Å².